The molecule has 5 nitrogen and oxygen atoms in total. The van der Waals surface area contributed by atoms with Gasteiger partial charge in [-0.1, -0.05) is 18.6 Å². The van der Waals surface area contributed by atoms with Gasteiger partial charge in [-0.05, 0) is 12.5 Å². The summed E-state index contributed by atoms with van der Waals surface area (Å²) in [6.45, 7) is 2.62. The molecular weight excluding hydrogens is 192 g/mol. The Morgan fingerprint density at radius 2 is 2.40 bits per heavy atom. The van der Waals surface area contributed by atoms with Crippen LogP contribution >= 0.6 is 0 Å². The summed E-state index contributed by atoms with van der Waals surface area (Å²) >= 11 is 0. The summed E-state index contributed by atoms with van der Waals surface area (Å²) in [6, 6.07) is 0. The highest BCUT2D eigenvalue weighted by molar-refractivity contribution is 5.80. The highest BCUT2D eigenvalue weighted by atomic mass is 16.1. The Labute approximate surface area is 89.6 Å². The van der Waals surface area contributed by atoms with Crippen LogP contribution in [0.15, 0.2) is 6.20 Å². The van der Waals surface area contributed by atoms with Gasteiger partial charge in [0.05, 0.1) is 12.1 Å². The van der Waals surface area contributed by atoms with Crippen molar-refractivity contribution in [3.05, 3.63) is 11.9 Å². The second-order valence-electron chi connectivity index (χ2n) is 3.81. The van der Waals surface area contributed by atoms with E-state index in [1.54, 1.807) is 17.9 Å². The maximum Gasteiger partial charge on any atom is 0.139 e. The van der Waals surface area contributed by atoms with E-state index in [0.717, 1.165) is 12.1 Å². The van der Waals surface area contributed by atoms with Crippen LogP contribution in [0, 0.1) is 5.92 Å². The summed E-state index contributed by atoms with van der Waals surface area (Å²) in [7, 11) is 1.79. The Balaban J connectivity index is 2.42. The van der Waals surface area contributed by atoms with Gasteiger partial charge in [0.1, 0.15) is 5.78 Å². The fourth-order valence-corrected chi connectivity index (χ4v) is 1.47. The first kappa shape index (κ1) is 11.8. The van der Waals surface area contributed by atoms with Crippen molar-refractivity contribution in [1.29, 1.82) is 0 Å². The van der Waals surface area contributed by atoms with E-state index in [4.69, 9.17) is 5.73 Å². The summed E-state index contributed by atoms with van der Waals surface area (Å²) in [5, 5.41) is 7.65. The maximum atomic E-state index is 11.6. The first-order valence-electron chi connectivity index (χ1n) is 5.22. The van der Waals surface area contributed by atoms with Crippen molar-refractivity contribution in [2.24, 2.45) is 18.7 Å². The van der Waals surface area contributed by atoms with Crippen LogP contribution < -0.4 is 5.73 Å². The van der Waals surface area contributed by atoms with Crippen LogP contribution in [-0.2, 0) is 18.3 Å². The first-order valence-corrected chi connectivity index (χ1v) is 5.22. The smallest absolute Gasteiger partial charge is 0.139 e. The quantitative estimate of drug-likeness (QED) is 0.733. The molecule has 1 aromatic heterocycles. The number of carbonyl (C=O) groups is 1. The van der Waals surface area contributed by atoms with Crippen molar-refractivity contribution in [3.8, 4) is 0 Å². The molecule has 0 bridgehead atoms. The Bertz CT molecular complexity index is 317. The normalized spacial score (nSPS) is 12.7. The lowest BCUT2D eigenvalue weighted by atomic mass is 9.98. The Morgan fingerprint density at radius 3 is 2.87 bits per heavy atom. The summed E-state index contributed by atoms with van der Waals surface area (Å²) in [4.78, 5) is 11.6. The molecule has 0 aliphatic heterocycles. The highest BCUT2D eigenvalue weighted by Gasteiger charge is 2.12. The molecule has 84 valence electrons. The van der Waals surface area contributed by atoms with E-state index in [1.807, 2.05) is 6.92 Å². The molecule has 1 heterocycles. The van der Waals surface area contributed by atoms with Gasteiger partial charge in [0.25, 0.3) is 0 Å². The van der Waals surface area contributed by atoms with Crippen molar-refractivity contribution >= 4 is 5.78 Å². The van der Waals surface area contributed by atoms with Gasteiger partial charge in [-0.25, -0.2) is 0 Å². The van der Waals surface area contributed by atoms with E-state index in [2.05, 4.69) is 10.3 Å². The molecule has 15 heavy (non-hydrogen) atoms. The topological polar surface area (TPSA) is 73.8 Å². The number of aryl methyl sites for hydroxylation is 1. The van der Waals surface area contributed by atoms with Gasteiger partial charge in [-0.2, -0.15) is 0 Å². The van der Waals surface area contributed by atoms with Crippen LogP contribution in [0.2, 0.25) is 0 Å². The molecule has 0 aliphatic rings. The third kappa shape index (κ3) is 3.79. The van der Waals surface area contributed by atoms with Gasteiger partial charge in [0.15, 0.2) is 0 Å². The fraction of sp³-hybridized carbons (Fsp3) is 0.700. The van der Waals surface area contributed by atoms with Crippen LogP contribution in [0.4, 0.5) is 0 Å². The molecule has 0 aliphatic carbocycles. The van der Waals surface area contributed by atoms with Gasteiger partial charge >= 0.3 is 0 Å². The van der Waals surface area contributed by atoms with Crippen molar-refractivity contribution in [1.82, 2.24) is 15.0 Å². The standard InChI is InChI=1S/C10H18N4O/c1-3-8(6-11)4-10(15)5-9-7-14(2)13-12-9/h7-8H,3-6,11H2,1-2H3. The Hall–Kier alpha value is -1.23. The van der Waals surface area contributed by atoms with Crippen molar-refractivity contribution in [2.45, 2.75) is 26.2 Å². The molecule has 1 atom stereocenters. The zero-order valence-corrected chi connectivity index (χ0v) is 9.31. The number of carbonyl (C=O) groups excluding carboxylic acids is 1. The minimum atomic E-state index is 0.188. The minimum absolute atomic E-state index is 0.188. The number of nitrogens with zero attached hydrogens (tertiary/aromatic N) is 3. The lowest BCUT2D eigenvalue weighted by Gasteiger charge is -2.09. The van der Waals surface area contributed by atoms with Crippen LogP contribution in [-0.4, -0.2) is 27.3 Å². The summed E-state index contributed by atoms with van der Waals surface area (Å²) in [5.74, 6) is 0.488. The first-order chi connectivity index (χ1) is 7.15. The fourth-order valence-electron chi connectivity index (χ4n) is 1.47. The number of rotatable bonds is 6. The van der Waals surface area contributed by atoms with Crippen LogP contribution in [0.5, 0.6) is 0 Å². The molecule has 2 N–H and O–H groups in total. The van der Waals surface area contributed by atoms with Gasteiger partial charge in [-0.15, -0.1) is 5.10 Å². The van der Waals surface area contributed by atoms with Gasteiger partial charge in [-0.3, -0.25) is 9.48 Å². The van der Waals surface area contributed by atoms with Crippen LogP contribution in [0.3, 0.4) is 0 Å². The lowest BCUT2D eigenvalue weighted by molar-refractivity contribution is -0.119. The molecule has 0 saturated heterocycles. The molecule has 1 rings (SSSR count). The average Bonchev–Trinajstić information content (AvgIpc) is 2.60. The lowest BCUT2D eigenvalue weighted by Crippen LogP contribution is -2.18. The predicted molar refractivity (Wildman–Crippen MR) is 57.2 cm³/mol. The number of nitrogens with two attached hydrogens (primary N) is 1. The molecule has 0 fully saturated rings. The van der Waals surface area contributed by atoms with E-state index in [-0.39, 0.29) is 5.78 Å². The molecule has 1 unspecified atom stereocenters. The van der Waals surface area contributed by atoms with E-state index in [9.17, 15) is 4.79 Å². The predicted octanol–water partition coefficient (Wildman–Crippen LogP) is 0.302. The number of hydrogen-bond acceptors (Lipinski definition) is 4. The monoisotopic (exact) mass is 210 g/mol. The minimum Gasteiger partial charge on any atom is -0.330 e. The third-order valence-corrected chi connectivity index (χ3v) is 2.46. The largest absolute Gasteiger partial charge is 0.330 e. The molecule has 0 radical (unpaired) electrons. The third-order valence-electron chi connectivity index (χ3n) is 2.46. The van der Waals surface area contributed by atoms with E-state index < -0.39 is 0 Å². The van der Waals surface area contributed by atoms with E-state index in [0.29, 0.717) is 25.3 Å². The summed E-state index contributed by atoms with van der Waals surface area (Å²) < 4.78 is 1.60. The van der Waals surface area contributed by atoms with Crippen molar-refractivity contribution in [3.63, 3.8) is 0 Å². The van der Waals surface area contributed by atoms with Gasteiger partial charge in [0.2, 0.25) is 0 Å². The SMILES string of the molecule is CCC(CN)CC(=O)Cc1cn(C)nn1. The number of aromatic nitrogens is 3. The molecule has 0 aromatic carbocycles. The average molecular weight is 210 g/mol. The van der Waals surface area contributed by atoms with Gasteiger partial charge in [0, 0.05) is 19.7 Å². The summed E-state index contributed by atoms with van der Waals surface area (Å²) in [6.07, 6.45) is 3.62. The van der Waals surface area contributed by atoms with E-state index in [1.165, 1.54) is 0 Å². The molecule has 0 saturated carbocycles. The number of ketones is 1. The maximum absolute atomic E-state index is 11.6. The Kier molecular flexibility index (Phi) is 4.42. The number of hydrogen-bond donors (Lipinski definition) is 1. The molecule has 0 spiro atoms. The molecule has 5 heteroatoms. The van der Waals surface area contributed by atoms with Crippen molar-refractivity contribution < 1.29 is 4.79 Å². The van der Waals surface area contributed by atoms with Crippen molar-refractivity contribution in [2.75, 3.05) is 6.54 Å². The molecule has 1 aromatic rings. The zero-order chi connectivity index (χ0) is 11.3. The van der Waals surface area contributed by atoms with Crippen LogP contribution in [0.25, 0.3) is 0 Å². The molecular formula is C10H18N4O. The van der Waals surface area contributed by atoms with Crippen LogP contribution in [0.1, 0.15) is 25.5 Å². The van der Waals surface area contributed by atoms with E-state index >= 15 is 0 Å². The zero-order valence-electron chi connectivity index (χ0n) is 9.31. The Morgan fingerprint density at radius 1 is 1.67 bits per heavy atom. The molecule has 0 amide bonds. The number of Topliss-reactive ketones (excluding diaryl/α,β-unsaturated/α-hetero) is 1. The second kappa shape index (κ2) is 5.60. The van der Waals surface area contributed by atoms with Gasteiger partial charge < -0.3 is 5.73 Å². The summed E-state index contributed by atoms with van der Waals surface area (Å²) in [5.41, 5.74) is 6.28. The highest BCUT2D eigenvalue weighted by Crippen LogP contribution is 2.08. The second-order valence-corrected chi connectivity index (χ2v) is 3.81.